The fourth-order valence-corrected chi connectivity index (χ4v) is 2.58. The molecular formula is C18H12FNO. The van der Waals surface area contributed by atoms with E-state index in [-0.39, 0.29) is 5.82 Å². The number of halogens is 1. The molecule has 0 unspecified atom stereocenters. The van der Waals surface area contributed by atoms with Crippen molar-refractivity contribution in [1.29, 1.82) is 0 Å². The van der Waals surface area contributed by atoms with E-state index in [1.807, 2.05) is 36.5 Å². The standard InChI is InChI=1S/C18H12FNO/c19-13-5-7-14(8-6-13)21-17-11-12-3-1-2-4-15(12)18-16(17)9-10-20-18/h1-11,20H. The second-order valence-electron chi connectivity index (χ2n) is 4.92. The molecule has 1 heterocycles. The molecule has 0 aliphatic rings. The van der Waals surface area contributed by atoms with Gasteiger partial charge in [0.05, 0.1) is 5.52 Å². The molecule has 0 radical (unpaired) electrons. The van der Waals surface area contributed by atoms with E-state index in [0.717, 1.165) is 27.4 Å². The first-order valence-corrected chi connectivity index (χ1v) is 6.73. The minimum atomic E-state index is -0.271. The molecule has 0 amide bonds. The van der Waals surface area contributed by atoms with E-state index >= 15 is 0 Å². The van der Waals surface area contributed by atoms with Crippen LogP contribution in [0.5, 0.6) is 11.5 Å². The number of hydrogen-bond donors (Lipinski definition) is 1. The van der Waals surface area contributed by atoms with Crippen LogP contribution in [0.2, 0.25) is 0 Å². The summed E-state index contributed by atoms with van der Waals surface area (Å²) in [5, 5.41) is 3.27. The van der Waals surface area contributed by atoms with Gasteiger partial charge in [-0.15, -0.1) is 0 Å². The Labute approximate surface area is 120 Å². The molecule has 0 spiro atoms. The highest BCUT2D eigenvalue weighted by molar-refractivity contribution is 6.08. The van der Waals surface area contributed by atoms with Gasteiger partial charge < -0.3 is 9.72 Å². The molecule has 3 aromatic carbocycles. The quantitative estimate of drug-likeness (QED) is 0.531. The Balaban J connectivity index is 1.90. The van der Waals surface area contributed by atoms with Crippen molar-refractivity contribution in [3.8, 4) is 11.5 Å². The van der Waals surface area contributed by atoms with E-state index < -0.39 is 0 Å². The minimum absolute atomic E-state index is 0.271. The molecule has 0 bridgehead atoms. The number of fused-ring (bicyclic) bond motifs is 3. The highest BCUT2D eigenvalue weighted by atomic mass is 19.1. The van der Waals surface area contributed by atoms with E-state index in [2.05, 4.69) is 11.1 Å². The summed E-state index contributed by atoms with van der Waals surface area (Å²) in [6, 6.07) is 18.2. The molecule has 102 valence electrons. The number of benzene rings is 3. The van der Waals surface area contributed by atoms with Crippen molar-refractivity contribution in [3.05, 3.63) is 72.7 Å². The third-order valence-corrected chi connectivity index (χ3v) is 3.57. The molecule has 0 saturated heterocycles. The van der Waals surface area contributed by atoms with Gasteiger partial charge in [-0.25, -0.2) is 4.39 Å². The molecule has 3 heteroatoms. The van der Waals surface area contributed by atoms with Crippen LogP contribution in [0.15, 0.2) is 66.9 Å². The van der Waals surface area contributed by atoms with Gasteiger partial charge in [0.25, 0.3) is 0 Å². The first-order valence-electron chi connectivity index (χ1n) is 6.73. The Morgan fingerprint density at radius 3 is 2.52 bits per heavy atom. The number of aromatic amines is 1. The van der Waals surface area contributed by atoms with Crippen molar-refractivity contribution in [1.82, 2.24) is 4.98 Å². The lowest BCUT2D eigenvalue weighted by Crippen LogP contribution is -1.86. The zero-order chi connectivity index (χ0) is 14.2. The van der Waals surface area contributed by atoms with Gasteiger partial charge in [0.15, 0.2) is 0 Å². The molecule has 0 saturated carbocycles. The van der Waals surface area contributed by atoms with Crippen molar-refractivity contribution in [2.75, 3.05) is 0 Å². The second-order valence-corrected chi connectivity index (χ2v) is 4.92. The van der Waals surface area contributed by atoms with Crippen molar-refractivity contribution in [2.24, 2.45) is 0 Å². The van der Waals surface area contributed by atoms with Gasteiger partial charge in [-0.1, -0.05) is 24.3 Å². The van der Waals surface area contributed by atoms with Crippen LogP contribution < -0.4 is 4.74 Å². The Morgan fingerprint density at radius 1 is 0.857 bits per heavy atom. The maximum Gasteiger partial charge on any atom is 0.137 e. The second kappa shape index (κ2) is 4.63. The summed E-state index contributed by atoms with van der Waals surface area (Å²) in [4.78, 5) is 3.26. The molecule has 1 N–H and O–H groups in total. The largest absolute Gasteiger partial charge is 0.457 e. The van der Waals surface area contributed by atoms with Crippen LogP contribution in [0.3, 0.4) is 0 Å². The van der Waals surface area contributed by atoms with Gasteiger partial charge in [-0.3, -0.25) is 0 Å². The van der Waals surface area contributed by atoms with Gasteiger partial charge in [0.2, 0.25) is 0 Å². The molecule has 2 nitrogen and oxygen atoms in total. The molecule has 21 heavy (non-hydrogen) atoms. The predicted molar refractivity (Wildman–Crippen MR) is 82.3 cm³/mol. The number of hydrogen-bond acceptors (Lipinski definition) is 1. The van der Waals surface area contributed by atoms with E-state index in [0.29, 0.717) is 5.75 Å². The third kappa shape index (κ3) is 2.03. The highest BCUT2D eigenvalue weighted by Gasteiger charge is 2.09. The average molecular weight is 277 g/mol. The van der Waals surface area contributed by atoms with Gasteiger partial charge in [0.1, 0.15) is 17.3 Å². The number of aromatic nitrogens is 1. The van der Waals surface area contributed by atoms with Crippen molar-refractivity contribution in [2.45, 2.75) is 0 Å². The van der Waals surface area contributed by atoms with Gasteiger partial charge in [-0.2, -0.15) is 0 Å². The normalized spacial score (nSPS) is 11.1. The summed E-state index contributed by atoms with van der Waals surface area (Å²) in [7, 11) is 0. The van der Waals surface area contributed by atoms with Crippen LogP contribution in [0.4, 0.5) is 4.39 Å². The highest BCUT2D eigenvalue weighted by Crippen LogP contribution is 2.35. The number of nitrogens with one attached hydrogen (secondary N) is 1. The molecular weight excluding hydrogens is 265 g/mol. The Kier molecular flexibility index (Phi) is 2.64. The van der Waals surface area contributed by atoms with Crippen LogP contribution in [-0.2, 0) is 0 Å². The van der Waals surface area contributed by atoms with E-state index in [1.165, 1.54) is 12.1 Å². The lowest BCUT2D eigenvalue weighted by molar-refractivity contribution is 0.487. The van der Waals surface area contributed by atoms with Crippen molar-refractivity contribution >= 4 is 21.7 Å². The number of ether oxygens (including phenoxy) is 1. The first-order chi connectivity index (χ1) is 10.3. The summed E-state index contributed by atoms with van der Waals surface area (Å²) in [5.74, 6) is 1.11. The van der Waals surface area contributed by atoms with E-state index in [4.69, 9.17) is 4.74 Å². The summed E-state index contributed by atoms with van der Waals surface area (Å²) in [6.07, 6.45) is 1.90. The molecule has 1 aromatic heterocycles. The summed E-state index contributed by atoms with van der Waals surface area (Å²) in [6.45, 7) is 0. The molecule has 0 fully saturated rings. The van der Waals surface area contributed by atoms with Gasteiger partial charge >= 0.3 is 0 Å². The smallest absolute Gasteiger partial charge is 0.137 e. The van der Waals surface area contributed by atoms with Crippen LogP contribution in [-0.4, -0.2) is 4.98 Å². The molecule has 0 aliphatic heterocycles. The van der Waals surface area contributed by atoms with Gasteiger partial charge in [0, 0.05) is 17.0 Å². The maximum absolute atomic E-state index is 13.0. The number of rotatable bonds is 2. The molecule has 0 atom stereocenters. The van der Waals surface area contributed by atoms with Crippen LogP contribution >= 0.6 is 0 Å². The SMILES string of the molecule is Fc1ccc(Oc2cc3ccccc3c3[nH]ccc23)cc1. The van der Waals surface area contributed by atoms with E-state index in [1.54, 1.807) is 12.1 Å². The summed E-state index contributed by atoms with van der Waals surface area (Å²) in [5.41, 5.74) is 1.05. The van der Waals surface area contributed by atoms with Crippen molar-refractivity contribution in [3.63, 3.8) is 0 Å². The number of H-pyrrole nitrogens is 1. The molecule has 4 aromatic rings. The van der Waals surface area contributed by atoms with Gasteiger partial charge in [-0.05, 0) is 41.8 Å². The van der Waals surface area contributed by atoms with Crippen LogP contribution in [0.1, 0.15) is 0 Å². The van der Waals surface area contributed by atoms with Crippen LogP contribution in [0.25, 0.3) is 21.7 Å². The minimum Gasteiger partial charge on any atom is -0.457 e. The maximum atomic E-state index is 13.0. The fraction of sp³-hybridized carbons (Fsp3) is 0. The summed E-state index contributed by atoms with van der Waals surface area (Å²) >= 11 is 0. The average Bonchev–Trinajstić information content (AvgIpc) is 3.00. The lowest BCUT2D eigenvalue weighted by Gasteiger charge is -2.09. The monoisotopic (exact) mass is 277 g/mol. The summed E-state index contributed by atoms with van der Waals surface area (Å²) < 4.78 is 18.9. The zero-order valence-electron chi connectivity index (χ0n) is 11.1. The topological polar surface area (TPSA) is 25.0 Å². The third-order valence-electron chi connectivity index (χ3n) is 3.57. The van der Waals surface area contributed by atoms with E-state index in [9.17, 15) is 4.39 Å². The lowest BCUT2D eigenvalue weighted by atomic mass is 10.1. The Morgan fingerprint density at radius 2 is 1.67 bits per heavy atom. The zero-order valence-corrected chi connectivity index (χ0v) is 11.1. The van der Waals surface area contributed by atoms with Crippen molar-refractivity contribution < 1.29 is 9.13 Å². The fourth-order valence-electron chi connectivity index (χ4n) is 2.58. The Hall–Kier alpha value is -2.81. The Bertz CT molecular complexity index is 925. The molecule has 0 aliphatic carbocycles. The predicted octanol–water partition coefficient (Wildman–Crippen LogP) is 5.25. The van der Waals surface area contributed by atoms with Crippen LogP contribution in [0, 0.1) is 5.82 Å². The molecule has 4 rings (SSSR count). The first kappa shape index (κ1) is 12.0.